The topological polar surface area (TPSA) is 71.5 Å². The SMILES string of the molecule is COC(=O)c1ccc(C(=O)N2CCC(Nc3ccccc3)CC2)nc1. The van der Waals surface area contributed by atoms with E-state index in [-0.39, 0.29) is 5.91 Å². The lowest BCUT2D eigenvalue weighted by Crippen LogP contribution is -2.42. The Bertz CT molecular complexity index is 723. The van der Waals surface area contributed by atoms with Crippen molar-refractivity contribution in [1.29, 1.82) is 0 Å². The Balaban J connectivity index is 1.55. The highest BCUT2D eigenvalue weighted by Gasteiger charge is 2.24. The van der Waals surface area contributed by atoms with E-state index >= 15 is 0 Å². The van der Waals surface area contributed by atoms with Gasteiger partial charge < -0.3 is 15.0 Å². The second-order valence-electron chi connectivity index (χ2n) is 6.00. The Labute approximate surface area is 146 Å². The highest BCUT2D eigenvalue weighted by molar-refractivity contribution is 5.94. The fourth-order valence-electron chi connectivity index (χ4n) is 2.92. The van der Waals surface area contributed by atoms with Crippen molar-refractivity contribution in [3.63, 3.8) is 0 Å². The van der Waals surface area contributed by atoms with Crippen LogP contribution in [0.15, 0.2) is 48.7 Å². The lowest BCUT2D eigenvalue weighted by molar-refractivity contribution is 0.0598. The fourth-order valence-corrected chi connectivity index (χ4v) is 2.92. The van der Waals surface area contributed by atoms with E-state index in [9.17, 15) is 9.59 Å². The maximum absolute atomic E-state index is 12.5. The van der Waals surface area contributed by atoms with Crippen molar-refractivity contribution in [2.24, 2.45) is 0 Å². The third kappa shape index (κ3) is 4.15. The van der Waals surface area contributed by atoms with Crippen LogP contribution in [0.4, 0.5) is 5.69 Å². The summed E-state index contributed by atoms with van der Waals surface area (Å²) in [6.45, 7) is 1.37. The maximum atomic E-state index is 12.5. The predicted molar refractivity (Wildman–Crippen MR) is 94.6 cm³/mol. The second-order valence-corrected chi connectivity index (χ2v) is 6.00. The number of likely N-dealkylation sites (tertiary alicyclic amines) is 1. The number of carbonyl (C=O) groups is 2. The zero-order valence-corrected chi connectivity index (χ0v) is 14.1. The number of para-hydroxylation sites is 1. The van der Waals surface area contributed by atoms with Crippen LogP contribution in [0.1, 0.15) is 33.7 Å². The molecule has 3 rings (SSSR count). The second kappa shape index (κ2) is 7.79. The van der Waals surface area contributed by atoms with Crippen molar-refractivity contribution in [3.05, 3.63) is 59.9 Å². The summed E-state index contributed by atoms with van der Waals surface area (Å²) in [5.41, 5.74) is 1.79. The van der Waals surface area contributed by atoms with Crippen molar-refractivity contribution >= 4 is 17.6 Å². The minimum atomic E-state index is -0.459. The number of ether oxygens (including phenoxy) is 1. The molecule has 25 heavy (non-hydrogen) atoms. The number of amides is 1. The van der Waals surface area contributed by atoms with Crippen LogP contribution in [0, 0.1) is 0 Å². The van der Waals surface area contributed by atoms with Gasteiger partial charge in [0.1, 0.15) is 5.69 Å². The summed E-state index contributed by atoms with van der Waals surface area (Å²) in [4.78, 5) is 29.9. The van der Waals surface area contributed by atoms with Gasteiger partial charge in [0, 0.05) is 31.0 Å². The molecule has 0 atom stereocenters. The lowest BCUT2D eigenvalue weighted by atomic mass is 10.0. The van der Waals surface area contributed by atoms with E-state index in [0.717, 1.165) is 18.5 Å². The molecular formula is C19H21N3O3. The summed E-state index contributed by atoms with van der Waals surface area (Å²) in [6.07, 6.45) is 3.16. The number of pyridine rings is 1. The van der Waals surface area contributed by atoms with E-state index in [1.807, 2.05) is 35.2 Å². The number of carbonyl (C=O) groups excluding carboxylic acids is 2. The molecule has 1 amide bonds. The van der Waals surface area contributed by atoms with Crippen LogP contribution >= 0.6 is 0 Å². The molecule has 1 aliphatic rings. The molecule has 1 saturated heterocycles. The normalized spacial score (nSPS) is 14.8. The first kappa shape index (κ1) is 17.0. The molecule has 1 aromatic carbocycles. The molecule has 1 N–H and O–H groups in total. The van der Waals surface area contributed by atoms with Crippen molar-refractivity contribution in [2.75, 3.05) is 25.5 Å². The van der Waals surface area contributed by atoms with Crippen molar-refractivity contribution < 1.29 is 14.3 Å². The molecule has 0 saturated carbocycles. The number of nitrogens with zero attached hydrogens (tertiary/aromatic N) is 2. The van der Waals surface area contributed by atoms with Gasteiger partial charge in [-0.3, -0.25) is 9.78 Å². The number of piperidine rings is 1. The first-order valence-electron chi connectivity index (χ1n) is 8.32. The minimum Gasteiger partial charge on any atom is -0.465 e. The maximum Gasteiger partial charge on any atom is 0.339 e. The van der Waals surface area contributed by atoms with E-state index in [2.05, 4.69) is 15.0 Å². The standard InChI is InChI=1S/C19H21N3O3/c1-25-19(24)14-7-8-17(20-13-14)18(23)22-11-9-16(10-12-22)21-15-5-3-2-4-6-15/h2-8,13,16,21H,9-12H2,1H3. The molecular weight excluding hydrogens is 318 g/mol. The van der Waals surface area contributed by atoms with Crippen LogP contribution in [0.2, 0.25) is 0 Å². The average molecular weight is 339 g/mol. The Hall–Kier alpha value is -2.89. The Morgan fingerprint density at radius 1 is 1.12 bits per heavy atom. The number of methoxy groups -OCH3 is 1. The van der Waals surface area contributed by atoms with Crippen LogP contribution in [0.25, 0.3) is 0 Å². The zero-order chi connectivity index (χ0) is 17.6. The summed E-state index contributed by atoms with van der Waals surface area (Å²) < 4.78 is 4.63. The quantitative estimate of drug-likeness (QED) is 0.867. The fraction of sp³-hybridized carbons (Fsp3) is 0.316. The van der Waals surface area contributed by atoms with E-state index in [4.69, 9.17) is 0 Å². The zero-order valence-electron chi connectivity index (χ0n) is 14.1. The predicted octanol–water partition coefficient (Wildman–Crippen LogP) is 2.58. The van der Waals surface area contributed by atoms with Crippen molar-refractivity contribution in [3.8, 4) is 0 Å². The summed E-state index contributed by atoms with van der Waals surface area (Å²) in [6, 6.07) is 13.6. The number of aromatic nitrogens is 1. The largest absolute Gasteiger partial charge is 0.465 e. The smallest absolute Gasteiger partial charge is 0.339 e. The number of benzene rings is 1. The first-order chi connectivity index (χ1) is 12.2. The number of nitrogens with one attached hydrogen (secondary N) is 1. The molecule has 1 aliphatic heterocycles. The van der Waals surface area contributed by atoms with E-state index in [1.54, 1.807) is 12.1 Å². The molecule has 6 heteroatoms. The summed E-state index contributed by atoms with van der Waals surface area (Å²) in [5, 5.41) is 3.50. The highest BCUT2D eigenvalue weighted by Crippen LogP contribution is 2.18. The third-order valence-electron chi connectivity index (χ3n) is 4.33. The number of hydrogen-bond acceptors (Lipinski definition) is 5. The van der Waals surface area contributed by atoms with Crippen molar-refractivity contribution in [2.45, 2.75) is 18.9 Å². The van der Waals surface area contributed by atoms with E-state index in [1.165, 1.54) is 13.3 Å². The first-order valence-corrected chi connectivity index (χ1v) is 8.32. The number of hydrogen-bond donors (Lipinski definition) is 1. The van der Waals surface area contributed by atoms with Gasteiger partial charge >= 0.3 is 5.97 Å². The van der Waals surface area contributed by atoms with Gasteiger partial charge in [0.25, 0.3) is 5.91 Å². The van der Waals surface area contributed by atoms with E-state index in [0.29, 0.717) is 30.4 Å². The third-order valence-corrected chi connectivity index (χ3v) is 4.33. The van der Waals surface area contributed by atoms with Gasteiger partial charge in [-0.15, -0.1) is 0 Å². The van der Waals surface area contributed by atoms with Gasteiger partial charge in [0.15, 0.2) is 0 Å². The number of anilines is 1. The van der Waals surface area contributed by atoms with Gasteiger partial charge in [-0.2, -0.15) is 0 Å². The number of esters is 1. The van der Waals surface area contributed by atoms with Crippen molar-refractivity contribution in [1.82, 2.24) is 9.88 Å². The Morgan fingerprint density at radius 3 is 2.44 bits per heavy atom. The van der Waals surface area contributed by atoms with Gasteiger partial charge in [-0.25, -0.2) is 4.79 Å². The van der Waals surface area contributed by atoms with Crippen LogP contribution in [-0.4, -0.2) is 48.0 Å². The lowest BCUT2D eigenvalue weighted by Gasteiger charge is -2.32. The molecule has 1 fully saturated rings. The molecule has 0 unspecified atom stereocenters. The molecule has 2 aromatic rings. The minimum absolute atomic E-state index is 0.102. The summed E-state index contributed by atoms with van der Waals surface area (Å²) in [7, 11) is 1.31. The molecule has 0 spiro atoms. The van der Waals surface area contributed by atoms with Gasteiger partial charge in [-0.1, -0.05) is 18.2 Å². The van der Waals surface area contributed by atoms with Gasteiger partial charge in [0.2, 0.25) is 0 Å². The molecule has 0 aliphatic carbocycles. The summed E-state index contributed by atoms with van der Waals surface area (Å²) >= 11 is 0. The molecule has 130 valence electrons. The Morgan fingerprint density at radius 2 is 1.84 bits per heavy atom. The average Bonchev–Trinajstić information content (AvgIpc) is 2.68. The Kier molecular flexibility index (Phi) is 5.28. The molecule has 6 nitrogen and oxygen atoms in total. The molecule has 0 radical (unpaired) electrons. The van der Waals surface area contributed by atoms with Crippen LogP contribution in [0.3, 0.4) is 0 Å². The van der Waals surface area contributed by atoms with Crippen LogP contribution in [-0.2, 0) is 4.74 Å². The highest BCUT2D eigenvalue weighted by atomic mass is 16.5. The monoisotopic (exact) mass is 339 g/mol. The number of rotatable bonds is 4. The molecule has 0 bridgehead atoms. The molecule has 2 heterocycles. The van der Waals surface area contributed by atoms with Crippen LogP contribution < -0.4 is 5.32 Å². The molecule has 1 aromatic heterocycles. The summed E-state index contributed by atoms with van der Waals surface area (Å²) in [5.74, 6) is -0.561. The van der Waals surface area contributed by atoms with Gasteiger partial charge in [0.05, 0.1) is 12.7 Å². The van der Waals surface area contributed by atoms with Crippen LogP contribution in [0.5, 0.6) is 0 Å². The van der Waals surface area contributed by atoms with Gasteiger partial charge in [-0.05, 0) is 37.1 Å². The van der Waals surface area contributed by atoms with E-state index < -0.39 is 5.97 Å².